The minimum absolute atomic E-state index is 0.00929. The molecule has 0 aromatic heterocycles. The van der Waals surface area contributed by atoms with Crippen LogP contribution >= 0.6 is 11.6 Å². The molecule has 1 amide bonds. The molecule has 4 N–H and O–H groups in total. The summed E-state index contributed by atoms with van der Waals surface area (Å²) in [6.07, 6.45) is 8.20. The molecule has 212 valence electrons. The first-order chi connectivity index (χ1) is 18.7. The Kier molecular flexibility index (Phi) is 9.91. The molecule has 3 unspecified atom stereocenters. The van der Waals surface area contributed by atoms with Gasteiger partial charge in [-0.2, -0.15) is 0 Å². The number of carbonyl (C=O) groups excluding carboxylic acids is 1. The van der Waals surface area contributed by atoms with E-state index in [4.69, 9.17) is 16.6 Å². The van der Waals surface area contributed by atoms with E-state index in [0.29, 0.717) is 5.56 Å². The van der Waals surface area contributed by atoms with Crippen LogP contribution in [0.1, 0.15) is 93.6 Å². The Labute approximate surface area is 233 Å². The van der Waals surface area contributed by atoms with Gasteiger partial charge in [-0.3, -0.25) is 10.1 Å². The monoisotopic (exact) mass is 563 g/mol. The number of halogens is 4. The van der Waals surface area contributed by atoms with Crippen LogP contribution in [-0.2, 0) is 0 Å². The highest BCUT2D eigenvalue weighted by Gasteiger charge is 2.50. The standard InChI is InChI=1S/C29H37ClF3N5O/c1-3-18(2)34-28(35-26(39)19-10-11-23(30)24(33)16-19)36-27-29(12-8-6-4-5-7-9-13-29)25(37-38-27)20-14-21(31)17-22(32)15-20/h10-11,14-18,25,27,37-38H,3-9,12-13H2,1-2H3,(H2,34,35,36,39). The van der Waals surface area contributed by atoms with Crippen LogP contribution in [0.3, 0.4) is 0 Å². The summed E-state index contributed by atoms with van der Waals surface area (Å²) < 4.78 is 42.6. The number of carbonyl (C=O) groups is 1. The molecule has 2 aromatic rings. The van der Waals surface area contributed by atoms with Crippen LogP contribution in [0.15, 0.2) is 41.4 Å². The van der Waals surface area contributed by atoms with Crippen LogP contribution in [0.5, 0.6) is 0 Å². The Morgan fingerprint density at radius 1 is 1.03 bits per heavy atom. The molecule has 1 saturated heterocycles. The summed E-state index contributed by atoms with van der Waals surface area (Å²) in [5.41, 5.74) is 6.69. The molecule has 0 bridgehead atoms. The van der Waals surface area contributed by atoms with E-state index in [0.717, 1.165) is 69.9 Å². The molecule has 1 heterocycles. The minimum Gasteiger partial charge on any atom is -0.354 e. The molecule has 2 fully saturated rings. The van der Waals surface area contributed by atoms with E-state index in [1.54, 1.807) is 0 Å². The van der Waals surface area contributed by atoms with Crippen molar-refractivity contribution < 1.29 is 18.0 Å². The van der Waals surface area contributed by atoms with Crippen molar-refractivity contribution in [3.05, 3.63) is 70.0 Å². The molecule has 39 heavy (non-hydrogen) atoms. The first kappa shape index (κ1) is 29.4. The smallest absolute Gasteiger partial charge is 0.258 e. The maximum atomic E-state index is 14.3. The highest BCUT2D eigenvalue weighted by Crippen LogP contribution is 2.50. The molecule has 2 aromatic carbocycles. The quantitative estimate of drug-likeness (QED) is 0.246. The summed E-state index contributed by atoms with van der Waals surface area (Å²) in [6, 6.07) is 7.10. The molecule has 1 spiro atoms. The van der Waals surface area contributed by atoms with Crippen molar-refractivity contribution in [2.45, 2.75) is 89.9 Å². The Balaban J connectivity index is 1.71. The van der Waals surface area contributed by atoms with Gasteiger partial charge in [-0.15, -0.1) is 0 Å². The number of benzene rings is 2. The van der Waals surface area contributed by atoms with Gasteiger partial charge in [-0.25, -0.2) is 29.0 Å². The zero-order valence-electron chi connectivity index (χ0n) is 22.4. The second-order valence-electron chi connectivity index (χ2n) is 10.7. The molecular formula is C29H37ClF3N5O. The molecule has 2 aliphatic rings. The highest BCUT2D eigenvalue weighted by molar-refractivity contribution is 6.30. The van der Waals surface area contributed by atoms with Crippen LogP contribution < -0.4 is 21.5 Å². The fraction of sp³-hybridized carbons (Fsp3) is 0.517. The Bertz CT molecular complexity index is 1160. The first-order valence-electron chi connectivity index (χ1n) is 13.8. The van der Waals surface area contributed by atoms with E-state index in [1.807, 2.05) is 13.8 Å². The van der Waals surface area contributed by atoms with Gasteiger partial charge in [0.1, 0.15) is 23.6 Å². The van der Waals surface area contributed by atoms with E-state index in [9.17, 15) is 18.0 Å². The van der Waals surface area contributed by atoms with Crippen LogP contribution in [-0.4, -0.2) is 24.1 Å². The molecular weight excluding hydrogens is 527 g/mol. The average Bonchev–Trinajstić information content (AvgIpc) is 3.29. The maximum absolute atomic E-state index is 14.3. The number of hydrogen-bond donors (Lipinski definition) is 4. The second kappa shape index (κ2) is 13.2. The summed E-state index contributed by atoms with van der Waals surface area (Å²) in [6.45, 7) is 3.98. The lowest BCUT2D eigenvalue weighted by atomic mass is 9.69. The van der Waals surface area contributed by atoms with Crippen molar-refractivity contribution >= 4 is 23.5 Å². The van der Waals surface area contributed by atoms with Gasteiger partial charge < -0.3 is 5.32 Å². The number of nitrogens with one attached hydrogen (secondary N) is 4. The van der Waals surface area contributed by atoms with Gasteiger partial charge in [0.2, 0.25) is 0 Å². The third-order valence-corrected chi connectivity index (χ3v) is 8.21. The van der Waals surface area contributed by atoms with Gasteiger partial charge in [0.25, 0.3) is 5.91 Å². The summed E-state index contributed by atoms with van der Waals surface area (Å²) in [7, 11) is 0. The van der Waals surface area contributed by atoms with E-state index in [2.05, 4.69) is 21.5 Å². The highest BCUT2D eigenvalue weighted by atomic mass is 35.5. The minimum atomic E-state index is -0.686. The molecule has 1 aliphatic heterocycles. The molecule has 1 aliphatic carbocycles. The third-order valence-electron chi connectivity index (χ3n) is 7.90. The van der Waals surface area contributed by atoms with Crippen molar-refractivity contribution in [3.8, 4) is 0 Å². The Morgan fingerprint density at radius 3 is 2.28 bits per heavy atom. The number of guanidine groups is 1. The molecule has 0 radical (unpaired) electrons. The summed E-state index contributed by atoms with van der Waals surface area (Å²) >= 11 is 5.79. The lowest BCUT2D eigenvalue weighted by Gasteiger charge is -2.38. The number of rotatable bonds is 5. The number of aliphatic imine (C=N–C) groups is 1. The van der Waals surface area contributed by atoms with E-state index in [-0.39, 0.29) is 28.6 Å². The number of amides is 1. The fourth-order valence-corrected chi connectivity index (χ4v) is 5.73. The number of hydrogen-bond acceptors (Lipinski definition) is 4. The topological polar surface area (TPSA) is 77.6 Å². The molecule has 10 heteroatoms. The van der Waals surface area contributed by atoms with Crippen LogP contribution in [0.2, 0.25) is 5.02 Å². The van der Waals surface area contributed by atoms with Crippen molar-refractivity contribution in [2.24, 2.45) is 10.4 Å². The lowest BCUT2D eigenvalue weighted by molar-refractivity contribution is 0.0974. The lowest BCUT2D eigenvalue weighted by Crippen LogP contribution is -2.48. The van der Waals surface area contributed by atoms with Crippen LogP contribution in [0.4, 0.5) is 13.2 Å². The third kappa shape index (κ3) is 7.13. The average molecular weight is 564 g/mol. The van der Waals surface area contributed by atoms with Crippen LogP contribution in [0, 0.1) is 22.9 Å². The summed E-state index contributed by atoms with van der Waals surface area (Å²) in [5.74, 6) is -2.22. The second-order valence-corrected chi connectivity index (χ2v) is 11.1. The van der Waals surface area contributed by atoms with Gasteiger partial charge in [-0.1, -0.05) is 57.0 Å². The molecule has 4 rings (SSSR count). The molecule has 1 saturated carbocycles. The molecule has 6 nitrogen and oxygen atoms in total. The molecule has 3 atom stereocenters. The van der Waals surface area contributed by atoms with E-state index in [1.165, 1.54) is 24.3 Å². The summed E-state index contributed by atoms with van der Waals surface area (Å²) in [4.78, 5) is 18.0. The van der Waals surface area contributed by atoms with Gasteiger partial charge in [0, 0.05) is 23.1 Å². The SMILES string of the molecule is CCC(C)NC(=NC1NNC(c2cc(F)cc(F)c2)C12CCCCCCCC2)NC(=O)c1ccc(Cl)c(F)c1. The van der Waals surface area contributed by atoms with Gasteiger partial charge in [-0.05, 0) is 62.1 Å². The van der Waals surface area contributed by atoms with Gasteiger partial charge >= 0.3 is 0 Å². The van der Waals surface area contributed by atoms with Crippen LogP contribution in [0.25, 0.3) is 0 Å². The largest absolute Gasteiger partial charge is 0.354 e. The number of nitrogens with zero attached hydrogens (tertiary/aromatic N) is 1. The van der Waals surface area contributed by atoms with E-state index >= 15 is 0 Å². The normalized spacial score (nSPS) is 22.6. The van der Waals surface area contributed by atoms with Crippen molar-refractivity contribution in [3.63, 3.8) is 0 Å². The first-order valence-corrected chi connectivity index (χ1v) is 14.2. The Morgan fingerprint density at radius 2 is 1.67 bits per heavy atom. The zero-order chi connectivity index (χ0) is 28.0. The zero-order valence-corrected chi connectivity index (χ0v) is 23.2. The predicted molar refractivity (Wildman–Crippen MR) is 148 cm³/mol. The summed E-state index contributed by atoms with van der Waals surface area (Å²) in [5, 5.41) is 6.01. The van der Waals surface area contributed by atoms with E-state index < -0.39 is 34.9 Å². The van der Waals surface area contributed by atoms with Gasteiger partial charge in [0.05, 0.1) is 11.1 Å². The van der Waals surface area contributed by atoms with Crippen molar-refractivity contribution in [2.75, 3.05) is 0 Å². The fourth-order valence-electron chi connectivity index (χ4n) is 5.62. The van der Waals surface area contributed by atoms with Crippen molar-refractivity contribution in [1.82, 2.24) is 21.5 Å². The predicted octanol–water partition coefficient (Wildman–Crippen LogP) is 6.53. The van der Waals surface area contributed by atoms with Gasteiger partial charge in [0.15, 0.2) is 5.96 Å². The maximum Gasteiger partial charge on any atom is 0.258 e. The van der Waals surface area contributed by atoms with Crippen molar-refractivity contribution in [1.29, 1.82) is 0 Å². The Hall–Kier alpha value is -2.62. The number of hydrazine groups is 1.